The highest BCUT2D eigenvalue weighted by Gasteiger charge is 2.16. The highest BCUT2D eigenvalue weighted by Crippen LogP contribution is 2.20. The van der Waals surface area contributed by atoms with Gasteiger partial charge in [-0.15, -0.1) is 0 Å². The molecule has 0 aliphatic rings. The molecule has 0 bridgehead atoms. The molecule has 0 saturated heterocycles. The van der Waals surface area contributed by atoms with Crippen LogP contribution < -0.4 is 5.73 Å². The van der Waals surface area contributed by atoms with Gasteiger partial charge < -0.3 is 5.73 Å². The van der Waals surface area contributed by atoms with E-state index < -0.39 is 9.84 Å². The zero-order chi connectivity index (χ0) is 14.0. The zero-order valence-electron chi connectivity index (χ0n) is 10.9. The van der Waals surface area contributed by atoms with Gasteiger partial charge >= 0.3 is 0 Å². The summed E-state index contributed by atoms with van der Waals surface area (Å²) in [7, 11) is -3.39. The summed E-state index contributed by atoms with van der Waals surface area (Å²) < 4.78 is 24.6. The fourth-order valence-electron chi connectivity index (χ4n) is 1.80. The molecule has 2 N–H and O–H groups in total. The number of aryl methyl sites for hydroxylation is 2. The first-order valence-corrected chi connectivity index (χ1v) is 7.55. The molecular formula is C14H16N2O2S. The Balaban J connectivity index is 2.35. The van der Waals surface area contributed by atoms with Crippen LogP contribution >= 0.6 is 0 Å². The van der Waals surface area contributed by atoms with Crippen LogP contribution in [0.1, 0.15) is 17.0 Å². The molecule has 100 valence electrons. The van der Waals surface area contributed by atoms with E-state index in [2.05, 4.69) is 4.98 Å². The van der Waals surface area contributed by atoms with Crippen molar-refractivity contribution in [3.05, 3.63) is 53.3 Å². The molecule has 0 saturated carbocycles. The Morgan fingerprint density at radius 1 is 1.16 bits per heavy atom. The van der Waals surface area contributed by atoms with E-state index in [0.717, 1.165) is 11.3 Å². The highest BCUT2D eigenvalue weighted by atomic mass is 32.2. The third-order valence-corrected chi connectivity index (χ3v) is 4.53. The minimum atomic E-state index is -3.39. The first kappa shape index (κ1) is 13.5. The van der Waals surface area contributed by atoms with Crippen LogP contribution in [0.15, 0.2) is 41.3 Å². The molecule has 2 aromatic rings. The summed E-state index contributed by atoms with van der Waals surface area (Å²) in [6.07, 6.45) is 0. The number of nitrogens with zero attached hydrogens (tertiary/aromatic N) is 1. The topological polar surface area (TPSA) is 73.0 Å². The summed E-state index contributed by atoms with van der Waals surface area (Å²) in [6, 6.07) is 10.1. The second-order valence-corrected chi connectivity index (χ2v) is 6.54. The number of benzene rings is 1. The number of rotatable bonds is 3. The van der Waals surface area contributed by atoms with Gasteiger partial charge in [0, 0.05) is 11.4 Å². The third kappa shape index (κ3) is 3.12. The SMILES string of the molecule is Cc1cccc(CS(=O)(=O)c2ccc(N)c(C)c2)n1. The van der Waals surface area contributed by atoms with Crippen molar-refractivity contribution in [2.75, 3.05) is 5.73 Å². The molecular weight excluding hydrogens is 260 g/mol. The van der Waals surface area contributed by atoms with Crippen LogP contribution in [0.3, 0.4) is 0 Å². The van der Waals surface area contributed by atoms with Crippen molar-refractivity contribution in [3.8, 4) is 0 Å². The van der Waals surface area contributed by atoms with E-state index in [1.165, 1.54) is 6.07 Å². The number of nitrogen functional groups attached to an aromatic ring is 1. The number of aromatic nitrogens is 1. The van der Waals surface area contributed by atoms with Crippen LogP contribution in [0.2, 0.25) is 0 Å². The largest absolute Gasteiger partial charge is 0.399 e. The molecule has 0 aliphatic carbocycles. The maximum Gasteiger partial charge on any atom is 0.184 e. The third-order valence-electron chi connectivity index (χ3n) is 2.88. The van der Waals surface area contributed by atoms with E-state index in [1.54, 1.807) is 31.2 Å². The van der Waals surface area contributed by atoms with E-state index in [0.29, 0.717) is 11.4 Å². The first-order valence-electron chi connectivity index (χ1n) is 5.90. The Kier molecular flexibility index (Phi) is 3.57. The summed E-state index contributed by atoms with van der Waals surface area (Å²) in [5.41, 5.74) is 8.41. The normalized spacial score (nSPS) is 11.5. The molecule has 1 aromatic heterocycles. The molecule has 0 radical (unpaired) electrons. The van der Waals surface area contributed by atoms with Gasteiger partial charge in [-0.3, -0.25) is 4.98 Å². The van der Waals surface area contributed by atoms with Crippen LogP contribution in [-0.4, -0.2) is 13.4 Å². The average Bonchev–Trinajstić information content (AvgIpc) is 2.32. The summed E-state index contributed by atoms with van der Waals surface area (Å²) in [5.74, 6) is -0.0992. The second kappa shape index (κ2) is 5.01. The Hall–Kier alpha value is -1.88. The average molecular weight is 276 g/mol. The predicted octanol–water partition coefficient (Wildman–Crippen LogP) is 2.25. The van der Waals surface area contributed by atoms with Crippen molar-refractivity contribution < 1.29 is 8.42 Å². The zero-order valence-corrected chi connectivity index (χ0v) is 11.7. The number of sulfone groups is 1. The van der Waals surface area contributed by atoms with Gasteiger partial charge in [0.1, 0.15) is 0 Å². The number of nitrogens with two attached hydrogens (primary N) is 1. The van der Waals surface area contributed by atoms with Gasteiger partial charge in [0.25, 0.3) is 0 Å². The molecule has 2 rings (SSSR count). The smallest absolute Gasteiger partial charge is 0.184 e. The Labute approximate surface area is 113 Å². The molecule has 19 heavy (non-hydrogen) atoms. The van der Waals surface area contributed by atoms with E-state index in [-0.39, 0.29) is 10.6 Å². The summed E-state index contributed by atoms with van der Waals surface area (Å²) in [5, 5.41) is 0. The number of hydrogen-bond acceptors (Lipinski definition) is 4. The van der Waals surface area contributed by atoms with Gasteiger partial charge in [0.15, 0.2) is 9.84 Å². The molecule has 0 atom stereocenters. The lowest BCUT2D eigenvalue weighted by atomic mass is 10.2. The molecule has 4 nitrogen and oxygen atoms in total. The Morgan fingerprint density at radius 2 is 1.89 bits per heavy atom. The Morgan fingerprint density at radius 3 is 2.53 bits per heavy atom. The molecule has 0 spiro atoms. The van der Waals surface area contributed by atoms with E-state index in [9.17, 15) is 8.42 Å². The highest BCUT2D eigenvalue weighted by molar-refractivity contribution is 7.90. The predicted molar refractivity (Wildman–Crippen MR) is 75.5 cm³/mol. The second-order valence-electron chi connectivity index (χ2n) is 4.55. The van der Waals surface area contributed by atoms with Crippen molar-refractivity contribution in [1.82, 2.24) is 4.98 Å². The van der Waals surface area contributed by atoms with Gasteiger partial charge in [0.2, 0.25) is 0 Å². The van der Waals surface area contributed by atoms with Crippen molar-refractivity contribution >= 4 is 15.5 Å². The number of hydrogen-bond donors (Lipinski definition) is 1. The minimum Gasteiger partial charge on any atom is -0.399 e. The lowest BCUT2D eigenvalue weighted by Crippen LogP contribution is -2.07. The van der Waals surface area contributed by atoms with Crippen LogP contribution in [0, 0.1) is 13.8 Å². The van der Waals surface area contributed by atoms with Gasteiger partial charge in [-0.1, -0.05) is 6.07 Å². The number of anilines is 1. The van der Waals surface area contributed by atoms with Crippen molar-refractivity contribution in [2.45, 2.75) is 24.5 Å². The quantitative estimate of drug-likeness (QED) is 0.873. The summed E-state index contributed by atoms with van der Waals surface area (Å²) >= 11 is 0. The van der Waals surface area contributed by atoms with Crippen LogP contribution in [0.5, 0.6) is 0 Å². The van der Waals surface area contributed by atoms with Crippen molar-refractivity contribution in [3.63, 3.8) is 0 Å². The fraction of sp³-hybridized carbons (Fsp3) is 0.214. The Bertz CT molecular complexity index is 709. The number of pyridine rings is 1. The lowest BCUT2D eigenvalue weighted by Gasteiger charge is -2.07. The molecule has 0 fully saturated rings. The maximum atomic E-state index is 12.3. The fourth-order valence-corrected chi connectivity index (χ4v) is 3.15. The monoisotopic (exact) mass is 276 g/mol. The standard InChI is InChI=1S/C14H16N2O2S/c1-10-8-13(6-7-14(10)15)19(17,18)9-12-5-3-4-11(2)16-12/h3-8H,9,15H2,1-2H3. The molecule has 0 amide bonds. The van der Waals surface area contributed by atoms with E-state index >= 15 is 0 Å². The van der Waals surface area contributed by atoms with Gasteiger partial charge in [0.05, 0.1) is 16.3 Å². The maximum absolute atomic E-state index is 12.3. The molecule has 1 aromatic carbocycles. The first-order chi connectivity index (χ1) is 8.88. The molecule has 1 heterocycles. The molecule has 5 heteroatoms. The van der Waals surface area contributed by atoms with Crippen LogP contribution in [-0.2, 0) is 15.6 Å². The van der Waals surface area contributed by atoms with Crippen molar-refractivity contribution in [1.29, 1.82) is 0 Å². The summed E-state index contributed by atoms with van der Waals surface area (Å²) in [6.45, 7) is 3.63. The van der Waals surface area contributed by atoms with Gasteiger partial charge in [-0.2, -0.15) is 0 Å². The minimum absolute atomic E-state index is 0.0992. The summed E-state index contributed by atoms with van der Waals surface area (Å²) in [4.78, 5) is 4.50. The molecule has 0 aliphatic heterocycles. The lowest BCUT2D eigenvalue weighted by molar-refractivity contribution is 0.594. The molecule has 0 unspecified atom stereocenters. The van der Waals surface area contributed by atoms with Gasteiger partial charge in [-0.25, -0.2) is 8.42 Å². The van der Waals surface area contributed by atoms with Gasteiger partial charge in [-0.05, 0) is 49.7 Å². The van der Waals surface area contributed by atoms with Crippen LogP contribution in [0.4, 0.5) is 5.69 Å². The van der Waals surface area contributed by atoms with Crippen LogP contribution in [0.25, 0.3) is 0 Å². The van der Waals surface area contributed by atoms with E-state index in [4.69, 9.17) is 5.73 Å². The van der Waals surface area contributed by atoms with Crippen molar-refractivity contribution in [2.24, 2.45) is 0 Å². The van der Waals surface area contributed by atoms with E-state index in [1.807, 2.05) is 13.0 Å².